The number of ether oxygens (including phenoxy) is 1. The van der Waals surface area contributed by atoms with Crippen LogP contribution in [0.5, 0.6) is 0 Å². The summed E-state index contributed by atoms with van der Waals surface area (Å²) >= 11 is 0. The Morgan fingerprint density at radius 1 is 1.25 bits per heavy atom. The number of benzene rings is 1. The van der Waals surface area contributed by atoms with E-state index in [2.05, 4.69) is 5.32 Å². The molecule has 0 aromatic heterocycles. The number of rotatable bonds is 6. The number of hydrogen-bond acceptors (Lipinski definition) is 2. The van der Waals surface area contributed by atoms with Gasteiger partial charge in [0.1, 0.15) is 5.82 Å². The molecule has 0 spiro atoms. The third-order valence-corrected chi connectivity index (χ3v) is 2.94. The molecule has 0 saturated heterocycles. The van der Waals surface area contributed by atoms with Crippen LogP contribution in [0.2, 0.25) is 0 Å². The minimum atomic E-state index is -4.54. The van der Waals surface area contributed by atoms with Crippen molar-refractivity contribution in [2.75, 3.05) is 18.5 Å². The average molecular weight is 293 g/mol. The SMILES string of the molecule is CCOCC(Nc1ccc(C(F)(F)F)cc1F)C(C)C. The van der Waals surface area contributed by atoms with E-state index in [1.165, 1.54) is 0 Å². The quantitative estimate of drug-likeness (QED) is 0.789. The monoisotopic (exact) mass is 293 g/mol. The normalized spacial score (nSPS) is 13.6. The molecular formula is C14H19F4NO. The first-order chi connectivity index (χ1) is 9.25. The van der Waals surface area contributed by atoms with Gasteiger partial charge in [-0.2, -0.15) is 13.2 Å². The van der Waals surface area contributed by atoms with E-state index >= 15 is 0 Å². The molecule has 1 aromatic carbocycles. The Balaban J connectivity index is 2.86. The second kappa shape index (κ2) is 6.92. The van der Waals surface area contributed by atoms with Crippen molar-refractivity contribution in [3.8, 4) is 0 Å². The maximum Gasteiger partial charge on any atom is 0.416 e. The van der Waals surface area contributed by atoms with Crippen LogP contribution in [0.15, 0.2) is 18.2 Å². The standard InChI is InChI=1S/C14H19F4NO/c1-4-20-8-13(9(2)3)19-12-6-5-10(7-11(12)15)14(16,17)18/h5-7,9,13,19H,4,8H2,1-3H3. The van der Waals surface area contributed by atoms with Gasteiger partial charge in [-0.15, -0.1) is 0 Å². The highest BCUT2D eigenvalue weighted by Gasteiger charge is 2.31. The summed E-state index contributed by atoms with van der Waals surface area (Å²) in [5.41, 5.74) is -0.942. The highest BCUT2D eigenvalue weighted by Crippen LogP contribution is 2.31. The maximum absolute atomic E-state index is 13.7. The summed E-state index contributed by atoms with van der Waals surface area (Å²) in [6, 6.07) is 2.31. The molecule has 0 aliphatic rings. The summed E-state index contributed by atoms with van der Waals surface area (Å²) < 4.78 is 56.4. The molecule has 6 heteroatoms. The van der Waals surface area contributed by atoms with Crippen molar-refractivity contribution in [3.05, 3.63) is 29.6 Å². The van der Waals surface area contributed by atoms with Gasteiger partial charge in [0.05, 0.1) is 23.9 Å². The number of anilines is 1. The Hall–Kier alpha value is -1.30. The van der Waals surface area contributed by atoms with Crippen molar-refractivity contribution in [2.45, 2.75) is 33.0 Å². The molecule has 1 rings (SSSR count). The first-order valence-electron chi connectivity index (χ1n) is 6.46. The lowest BCUT2D eigenvalue weighted by Gasteiger charge is -2.23. The van der Waals surface area contributed by atoms with Crippen LogP contribution in [-0.4, -0.2) is 19.3 Å². The van der Waals surface area contributed by atoms with Crippen LogP contribution in [0.25, 0.3) is 0 Å². The Bertz CT molecular complexity index is 432. The highest BCUT2D eigenvalue weighted by atomic mass is 19.4. The van der Waals surface area contributed by atoms with Gasteiger partial charge in [-0.3, -0.25) is 0 Å². The molecule has 0 bridgehead atoms. The van der Waals surface area contributed by atoms with Crippen LogP contribution in [0.1, 0.15) is 26.3 Å². The van der Waals surface area contributed by atoms with Crippen molar-refractivity contribution < 1.29 is 22.3 Å². The van der Waals surface area contributed by atoms with Crippen LogP contribution in [0, 0.1) is 11.7 Å². The molecule has 0 fully saturated rings. The van der Waals surface area contributed by atoms with E-state index in [-0.39, 0.29) is 17.6 Å². The molecule has 0 aliphatic heterocycles. The fraction of sp³-hybridized carbons (Fsp3) is 0.571. The van der Waals surface area contributed by atoms with Gasteiger partial charge in [0.25, 0.3) is 0 Å². The van der Waals surface area contributed by atoms with Crippen LogP contribution in [0.4, 0.5) is 23.2 Å². The zero-order valence-electron chi connectivity index (χ0n) is 11.7. The lowest BCUT2D eigenvalue weighted by molar-refractivity contribution is -0.137. The predicted octanol–water partition coefficient (Wildman–Crippen LogP) is 4.32. The first kappa shape index (κ1) is 16.8. The minimum Gasteiger partial charge on any atom is -0.380 e. The van der Waals surface area contributed by atoms with E-state index in [0.29, 0.717) is 19.3 Å². The molecule has 1 unspecified atom stereocenters. The Kier molecular flexibility index (Phi) is 5.80. The summed E-state index contributed by atoms with van der Waals surface area (Å²) in [7, 11) is 0. The molecule has 1 atom stereocenters. The zero-order chi connectivity index (χ0) is 15.3. The third kappa shape index (κ3) is 4.67. The molecule has 114 valence electrons. The molecule has 0 amide bonds. The highest BCUT2D eigenvalue weighted by molar-refractivity contribution is 5.47. The van der Waals surface area contributed by atoms with Crippen LogP contribution >= 0.6 is 0 Å². The van der Waals surface area contributed by atoms with Gasteiger partial charge >= 0.3 is 6.18 Å². The van der Waals surface area contributed by atoms with Crippen molar-refractivity contribution in [3.63, 3.8) is 0 Å². The van der Waals surface area contributed by atoms with Crippen molar-refractivity contribution in [1.29, 1.82) is 0 Å². The van der Waals surface area contributed by atoms with Gasteiger partial charge < -0.3 is 10.1 Å². The molecular weight excluding hydrogens is 274 g/mol. The van der Waals surface area contributed by atoms with Crippen molar-refractivity contribution in [2.24, 2.45) is 5.92 Å². The van der Waals surface area contributed by atoms with Crippen molar-refractivity contribution in [1.82, 2.24) is 0 Å². The smallest absolute Gasteiger partial charge is 0.380 e. The van der Waals surface area contributed by atoms with Gasteiger partial charge in [-0.05, 0) is 31.0 Å². The van der Waals surface area contributed by atoms with E-state index in [1.807, 2.05) is 20.8 Å². The Morgan fingerprint density at radius 2 is 1.90 bits per heavy atom. The number of nitrogens with one attached hydrogen (secondary N) is 1. The Labute approximate surface area is 116 Å². The fourth-order valence-corrected chi connectivity index (χ4v) is 1.65. The molecule has 2 nitrogen and oxygen atoms in total. The second-order valence-electron chi connectivity index (χ2n) is 4.85. The van der Waals surface area contributed by atoms with E-state index < -0.39 is 17.6 Å². The summed E-state index contributed by atoms with van der Waals surface area (Å²) in [6.45, 7) is 6.60. The molecule has 1 aromatic rings. The van der Waals surface area contributed by atoms with Gasteiger partial charge in [0.15, 0.2) is 0 Å². The van der Waals surface area contributed by atoms with E-state index in [4.69, 9.17) is 4.74 Å². The fourth-order valence-electron chi connectivity index (χ4n) is 1.65. The van der Waals surface area contributed by atoms with Crippen LogP contribution in [-0.2, 0) is 10.9 Å². The largest absolute Gasteiger partial charge is 0.416 e. The second-order valence-corrected chi connectivity index (χ2v) is 4.85. The van der Waals surface area contributed by atoms with E-state index in [9.17, 15) is 17.6 Å². The number of hydrogen-bond donors (Lipinski definition) is 1. The lowest BCUT2D eigenvalue weighted by atomic mass is 10.0. The third-order valence-electron chi connectivity index (χ3n) is 2.94. The van der Waals surface area contributed by atoms with Gasteiger partial charge in [-0.1, -0.05) is 13.8 Å². The Morgan fingerprint density at radius 3 is 2.35 bits per heavy atom. The van der Waals surface area contributed by atoms with Crippen LogP contribution in [0.3, 0.4) is 0 Å². The molecule has 0 heterocycles. The van der Waals surface area contributed by atoms with Crippen LogP contribution < -0.4 is 5.32 Å². The van der Waals surface area contributed by atoms with E-state index in [1.54, 1.807) is 0 Å². The number of halogens is 4. The molecule has 0 radical (unpaired) electrons. The average Bonchev–Trinajstić information content (AvgIpc) is 2.34. The predicted molar refractivity (Wildman–Crippen MR) is 70.1 cm³/mol. The summed E-state index contributed by atoms with van der Waals surface area (Å²) in [6.07, 6.45) is -4.54. The van der Waals surface area contributed by atoms with Gasteiger partial charge in [-0.25, -0.2) is 4.39 Å². The van der Waals surface area contributed by atoms with Crippen molar-refractivity contribution >= 4 is 5.69 Å². The topological polar surface area (TPSA) is 21.3 Å². The summed E-state index contributed by atoms with van der Waals surface area (Å²) in [4.78, 5) is 0. The number of alkyl halides is 3. The van der Waals surface area contributed by atoms with Gasteiger partial charge in [0, 0.05) is 6.61 Å². The maximum atomic E-state index is 13.7. The first-order valence-corrected chi connectivity index (χ1v) is 6.46. The molecule has 0 saturated carbocycles. The minimum absolute atomic E-state index is 0.0522. The molecule has 1 N–H and O–H groups in total. The summed E-state index contributed by atoms with van der Waals surface area (Å²) in [5, 5.41) is 2.89. The molecule has 20 heavy (non-hydrogen) atoms. The zero-order valence-corrected chi connectivity index (χ0v) is 11.7. The van der Waals surface area contributed by atoms with Gasteiger partial charge in [0.2, 0.25) is 0 Å². The van der Waals surface area contributed by atoms with E-state index in [0.717, 1.165) is 12.1 Å². The summed E-state index contributed by atoms with van der Waals surface area (Å²) in [5.74, 6) is -0.759. The molecule has 0 aliphatic carbocycles. The lowest BCUT2D eigenvalue weighted by Crippen LogP contribution is -2.31.